The van der Waals surface area contributed by atoms with E-state index < -0.39 is 16.0 Å². The zero-order valence-electron chi connectivity index (χ0n) is 7.17. The number of primary amides is 1. The maximum absolute atomic E-state index is 9.95. The molecule has 0 aliphatic rings. The van der Waals surface area contributed by atoms with Gasteiger partial charge in [-0.3, -0.25) is 9.35 Å². The fourth-order valence-electron chi connectivity index (χ4n) is 0.305. The molecule has 0 aromatic heterocycles. The Morgan fingerprint density at radius 1 is 1.77 bits per heavy atom. The molecule has 0 fully saturated rings. The van der Waals surface area contributed by atoms with Gasteiger partial charge in [0.15, 0.2) is 0 Å². The zero-order chi connectivity index (χ0) is 11.1. The maximum Gasteiger partial charge on any atom is 0.265 e. The Hall–Kier alpha value is -0.530. The molecule has 0 heterocycles. The van der Waals surface area contributed by atoms with Crippen LogP contribution in [0.1, 0.15) is 6.92 Å². The summed E-state index contributed by atoms with van der Waals surface area (Å²) in [7, 11) is -3.80. The number of nitrogens with two attached hydrogens (primary N) is 1. The molecule has 0 rings (SSSR count). The number of amides is 1. The van der Waals surface area contributed by atoms with Crippen LogP contribution in [0.15, 0.2) is 12.7 Å². The summed E-state index contributed by atoms with van der Waals surface area (Å²) in [6, 6.07) is 0. The van der Waals surface area contributed by atoms with E-state index in [9.17, 15) is 13.2 Å². The largest absolute Gasteiger partial charge is 0.366 e. The molecule has 3 N–H and O–H groups in total. The molecule has 5 nitrogen and oxygen atoms in total. The molecule has 0 saturated carbocycles. The average molecular weight is 227 g/mol. The molecule has 1 atom stereocenters. The van der Waals surface area contributed by atoms with E-state index in [1.54, 1.807) is 6.92 Å². The number of carbonyl (C=O) groups is 1. The number of hydrogen-bond acceptors (Lipinski definition) is 4. The Bertz CT molecular complexity index is 258. The van der Waals surface area contributed by atoms with E-state index in [0.717, 1.165) is 6.08 Å². The predicted octanol–water partition coefficient (Wildman–Crippen LogP) is -0.150. The molecule has 1 amide bonds. The highest BCUT2D eigenvalue weighted by molar-refractivity contribution is 7.88. The first-order chi connectivity index (χ1) is 5.69. The second-order valence-corrected chi connectivity index (χ2v) is 4.58. The van der Waals surface area contributed by atoms with Gasteiger partial charge in [0, 0.05) is 5.25 Å². The molecular formula is C6H13NO4S2. The van der Waals surface area contributed by atoms with Gasteiger partial charge in [-0.05, 0) is 6.08 Å². The second kappa shape index (κ2) is 6.93. The normalized spacial score (nSPS) is 12.2. The van der Waals surface area contributed by atoms with Crippen LogP contribution in [0.3, 0.4) is 0 Å². The summed E-state index contributed by atoms with van der Waals surface area (Å²) in [6.45, 7) is 4.68. The van der Waals surface area contributed by atoms with Gasteiger partial charge >= 0.3 is 0 Å². The molecule has 0 bridgehead atoms. The minimum atomic E-state index is -3.80. The highest BCUT2D eigenvalue weighted by atomic mass is 32.2. The van der Waals surface area contributed by atoms with Crippen molar-refractivity contribution in [2.24, 2.45) is 5.73 Å². The van der Waals surface area contributed by atoms with Crippen molar-refractivity contribution in [3.8, 4) is 0 Å². The summed E-state index contributed by atoms with van der Waals surface area (Å²) in [6.07, 6.45) is 1.06. The lowest BCUT2D eigenvalue weighted by Gasteiger charge is -1.96. The molecule has 0 aromatic carbocycles. The summed E-state index contributed by atoms with van der Waals surface area (Å²) in [4.78, 5) is 9.47. The third kappa shape index (κ3) is 24.6. The molecule has 0 aromatic rings. The summed E-state index contributed by atoms with van der Waals surface area (Å²) in [5.74, 6) is -0.763. The first kappa shape index (κ1) is 15.0. The Morgan fingerprint density at radius 2 is 2.08 bits per heavy atom. The van der Waals surface area contributed by atoms with Crippen LogP contribution < -0.4 is 5.73 Å². The predicted molar refractivity (Wildman–Crippen MR) is 54.3 cm³/mol. The van der Waals surface area contributed by atoms with Crippen LogP contribution in [-0.2, 0) is 14.9 Å². The minimum Gasteiger partial charge on any atom is -0.366 e. The quantitative estimate of drug-likeness (QED) is 0.355. The molecule has 0 saturated heterocycles. The van der Waals surface area contributed by atoms with Gasteiger partial charge in [0.25, 0.3) is 10.1 Å². The standard InChI is InChI=1S/C3H5NO.C3H8O3S2/c1-2-3(4)5;1-3(7)2-8(4,5)6/h2H,1H2,(H2,4,5);3,7H,2H2,1H3,(H,4,5,6). The third-order valence-electron chi connectivity index (χ3n) is 0.653. The minimum absolute atomic E-state index is 0.282. The summed E-state index contributed by atoms with van der Waals surface area (Å²) in [5.41, 5.74) is 4.53. The fraction of sp³-hybridized carbons (Fsp3) is 0.500. The molecule has 7 heteroatoms. The zero-order valence-corrected chi connectivity index (χ0v) is 8.88. The van der Waals surface area contributed by atoms with Gasteiger partial charge in [0.2, 0.25) is 5.91 Å². The van der Waals surface area contributed by atoms with Crippen LogP contribution in [0, 0.1) is 0 Å². The smallest absolute Gasteiger partial charge is 0.265 e. The van der Waals surface area contributed by atoms with Crippen molar-refractivity contribution in [2.75, 3.05) is 5.75 Å². The number of carbonyl (C=O) groups excluding carboxylic acids is 1. The van der Waals surface area contributed by atoms with Crippen LogP contribution in [0.5, 0.6) is 0 Å². The van der Waals surface area contributed by atoms with Crippen molar-refractivity contribution < 1.29 is 17.8 Å². The lowest BCUT2D eigenvalue weighted by molar-refractivity contribution is -0.113. The Balaban J connectivity index is 0. The van der Waals surface area contributed by atoms with Crippen molar-refractivity contribution in [1.29, 1.82) is 0 Å². The van der Waals surface area contributed by atoms with Gasteiger partial charge < -0.3 is 5.73 Å². The van der Waals surface area contributed by atoms with Crippen LogP contribution in [0.2, 0.25) is 0 Å². The van der Waals surface area contributed by atoms with Crippen molar-refractivity contribution in [3.63, 3.8) is 0 Å². The number of rotatable bonds is 3. The van der Waals surface area contributed by atoms with Crippen LogP contribution in [-0.4, -0.2) is 29.9 Å². The molecule has 0 spiro atoms. The molecule has 0 aliphatic carbocycles. The average Bonchev–Trinajstić information content (AvgIpc) is 1.83. The first-order valence-corrected chi connectivity index (χ1v) is 5.36. The SMILES string of the molecule is C=CC(N)=O.CC(S)CS(=O)(=O)O. The molecule has 1 unspecified atom stereocenters. The molecule has 13 heavy (non-hydrogen) atoms. The lowest BCUT2D eigenvalue weighted by atomic mass is 10.6. The fourth-order valence-corrected chi connectivity index (χ4v) is 1.48. The summed E-state index contributed by atoms with van der Waals surface area (Å²) >= 11 is 3.75. The van der Waals surface area contributed by atoms with E-state index in [1.165, 1.54) is 0 Å². The summed E-state index contributed by atoms with van der Waals surface area (Å²) < 4.78 is 28.0. The maximum atomic E-state index is 9.95. The molecular weight excluding hydrogens is 214 g/mol. The first-order valence-electron chi connectivity index (χ1n) is 3.24. The van der Waals surface area contributed by atoms with Gasteiger partial charge in [-0.2, -0.15) is 21.0 Å². The molecule has 0 aliphatic heterocycles. The topological polar surface area (TPSA) is 97.5 Å². The van der Waals surface area contributed by atoms with Gasteiger partial charge in [-0.25, -0.2) is 0 Å². The van der Waals surface area contributed by atoms with E-state index in [1.807, 2.05) is 0 Å². The van der Waals surface area contributed by atoms with Gasteiger partial charge in [0.05, 0.1) is 5.75 Å². The second-order valence-electron chi connectivity index (χ2n) is 2.20. The van der Waals surface area contributed by atoms with Crippen LogP contribution in [0.25, 0.3) is 0 Å². The van der Waals surface area contributed by atoms with Crippen LogP contribution in [0.4, 0.5) is 0 Å². The third-order valence-corrected chi connectivity index (χ3v) is 2.00. The Morgan fingerprint density at radius 3 is 2.08 bits per heavy atom. The highest BCUT2D eigenvalue weighted by Crippen LogP contribution is 1.95. The monoisotopic (exact) mass is 227 g/mol. The highest BCUT2D eigenvalue weighted by Gasteiger charge is 2.06. The lowest BCUT2D eigenvalue weighted by Crippen LogP contribution is -2.11. The van der Waals surface area contributed by atoms with E-state index >= 15 is 0 Å². The number of thiol groups is 1. The van der Waals surface area contributed by atoms with E-state index in [-0.39, 0.29) is 11.0 Å². The summed E-state index contributed by atoms with van der Waals surface area (Å²) in [5, 5.41) is -0.301. The van der Waals surface area contributed by atoms with E-state index in [0.29, 0.717) is 0 Å². The Labute approximate surface area is 83.2 Å². The van der Waals surface area contributed by atoms with Crippen molar-refractivity contribution in [3.05, 3.63) is 12.7 Å². The Kier molecular flexibility index (Phi) is 7.98. The van der Waals surface area contributed by atoms with Gasteiger partial charge in [0.1, 0.15) is 0 Å². The molecule has 0 radical (unpaired) electrons. The van der Waals surface area contributed by atoms with E-state index in [4.69, 9.17) is 4.55 Å². The number of hydrogen-bond donors (Lipinski definition) is 3. The van der Waals surface area contributed by atoms with Gasteiger partial charge in [-0.1, -0.05) is 13.5 Å². The van der Waals surface area contributed by atoms with Crippen LogP contribution >= 0.6 is 12.6 Å². The van der Waals surface area contributed by atoms with Crippen molar-refractivity contribution in [1.82, 2.24) is 0 Å². The van der Waals surface area contributed by atoms with Gasteiger partial charge in [-0.15, -0.1) is 0 Å². The van der Waals surface area contributed by atoms with E-state index in [2.05, 4.69) is 24.9 Å². The van der Waals surface area contributed by atoms with Crippen molar-refractivity contribution >= 4 is 28.7 Å². The van der Waals surface area contributed by atoms with Crippen molar-refractivity contribution in [2.45, 2.75) is 12.2 Å². The molecule has 78 valence electrons.